The van der Waals surface area contributed by atoms with Gasteiger partial charge < -0.3 is 10.4 Å². The van der Waals surface area contributed by atoms with E-state index >= 15 is 0 Å². The molecule has 0 saturated heterocycles. The van der Waals surface area contributed by atoms with Crippen LogP contribution in [-0.2, 0) is 11.8 Å². The number of aryl methyl sites for hydroxylation is 1. The fraction of sp³-hybridized carbons (Fsp3) is 0.462. The normalized spacial score (nSPS) is 12.6. The Hall–Kier alpha value is -2.51. The zero-order valence-corrected chi connectivity index (χ0v) is 12.1. The number of carboxylic acids is 1. The summed E-state index contributed by atoms with van der Waals surface area (Å²) in [6.45, 7) is 3.80. The minimum Gasteiger partial charge on any atom is -0.480 e. The number of hydrogen-bond donors (Lipinski definition) is 2. The summed E-state index contributed by atoms with van der Waals surface area (Å²) in [6, 6.07) is 0.619. The average Bonchev–Trinajstić information content (AvgIpc) is 2.78. The molecular weight excluding hydrogens is 274 g/mol. The van der Waals surface area contributed by atoms with Crippen molar-refractivity contribution in [3.63, 3.8) is 0 Å². The second kappa shape index (κ2) is 5.86. The molecule has 0 saturated carbocycles. The van der Waals surface area contributed by atoms with Crippen LogP contribution >= 0.6 is 0 Å². The number of carbonyl (C=O) groups is 2. The fourth-order valence-electron chi connectivity index (χ4n) is 1.99. The van der Waals surface area contributed by atoms with Gasteiger partial charge in [0, 0.05) is 13.2 Å². The Morgan fingerprint density at radius 1 is 1.43 bits per heavy atom. The SMILES string of the molecule is CC(C)CC(NC(=O)c1cnc2c(c1)nnn2C)C(=O)O. The molecule has 0 aliphatic carbocycles. The minimum absolute atomic E-state index is 0.159. The van der Waals surface area contributed by atoms with Gasteiger partial charge in [0.1, 0.15) is 11.6 Å². The highest BCUT2D eigenvalue weighted by Crippen LogP contribution is 2.11. The highest BCUT2D eigenvalue weighted by molar-refractivity contribution is 5.98. The van der Waals surface area contributed by atoms with E-state index < -0.39 is 17.9 Å². The summed E-state index contributed by atoms with van der Waals surface area (Å²) in [5.74, 6) is -1.37. The predicted molar refractivity (Wildman–Crippen MR) is 74.6 cm³/mol. The van der Waals surface area contributed by atoms with Gasteiger partial charge in [0.15, 0.2) is 5.65 Å². The Balaban J connectivity index is 2.18. The number of nitrogens with one attached hydrogen (secondary N) is 1. The van der Waals surface area contributed by atoms with Crippen molar-refractivity contribution in [1.29, 1.82) is 0 Å². The van der Waals surface area contributed by atoms with E-state index in [0.717, 1.165) is 0 Å². The standard InChI is InChI=1S/C13H17N5O3/c1-7(2)4-10(13(20)21)15-12(19)8-5-9-11(14-6-8)18(3)17-16-9/h5-7,10H,4H2,1-3H3,(H,15,19)(H,20,21). The number of fused-ring (bicyclic) bond motifs is 1. The van der Waals surface area contributed by atoms with Crippen molar-refractivity contribution in [2.45, 2.75) is 26.3 Å². The summed E-state index contributed by atoms with van der Waals surface area (Å²) in [6.07, 6.45) is 1.75. The molecule has 8 nitrogen and oxygen atoms in total. The smallest absolute Gasteiger partial charge is 0.326 e. The van der Waals surface area contributed by atoms with Crippen LogP contribution in [0.4, 0.5) is 0 Å². The van der Waals surface area contributed by atoms with E-state index in [2.05, 4.69) is 20.6 Å². The number of carbonyl (C=O) groups excluding carboxylic acids is 1. The summed E-state index contributed by atoms with van der Waals surface area (Å²) in [7, 11) is 1.70. The van der Waals surface area contributed by atoms with E-state index in [1.807, 2.05) is 13.8 Å². The van der Waals surface area contributed by atoms with Crippen LogP contribution in [0.3, 0.4) is 0 Å². The zero-order chi connectivity index (χ0) is 15.6. The quantitative estimate of drug-likeness (QED) is 0.834. The van der Waals surface area contributed by atoms with Gasteiger partial charge in [-0.1, -0.05) is 19.1 Å². The summed E-state index contributed by atoms with van der Waals surface area (Å²) in [4.78, 5) is 27.4. The second-order valence-corrected chi connectivity index (χ2v) is 5.27. The van der Waals surface area contributed by atoms with Crippen LogP contribution in [0, 0.1) is 5.92 Å². The van der Waals surface area contributed by atoms with Crippen LogP contribution in [0.5, 0.6) is 0 Å². The summed E-state index contributed by atoms with van der Waals surface area (Å²) >= 11 is 0. The van der Waals surface area contributed by atoms with Gasteiger partial charge in [0.25, 0.3) is 5.91 Å². The zero-order valence-electron chi connectivity index (χ0n) is 12.1. The Morgan fingerprint density at radius 2 is 2.14 bits per heavy atom. The van der Waals surface area contributed by atoms with Crippen molar-refractivity contribution in [2.24, 2.45) is 13.0 Å². The summed E-state index contributed by atoms with van der Waals surface area (Å²) in [5.41, 5.74) is 1.31. The first kappa shape index (κ1) is 14.9. The molecular formula is C13H17N5O3. The molecule has 0 aromatic carbocycles. The lowest BCUT2D eigenvalue weighted by atomic mass is 10.0. The number of pyridine rings is 1. The molecule has 0 radical (unpaired) electrons. The van der Waals surface area contributed by atoms with Crippen LogP contribution in [0.2, 0.25) is 0 Å². The van der Waals surface area contributed by atoms with E-state index in [9.17, 15) is 9.59 Å². The van der Waals surface area contributed by atoms with Gasteiger partial charge in [-0.15, -0.1) is 5.10 Å². The van der Waals surface area contributed by atoms with Gasteiger partial charge in [0.2, 0.25) is 0 Å². The molecule has 0 spiro atoms. The monoisotopic (exact) mass is 291 g/mol. The van der Waals surface area contributed by atoms with Crippen molar-refractivity contribution in [1.82, 2.24) is 25.3 Å². The molecule has 0 aliphatic heterocycles. The van der Waals surface area contributed by atoms with Crippen LogP contribution in [0.25, 0.3) is 11.2 Å². The number of rotatable bonds is 5. The van der Waals surface area contributed by atoms with Gasteiger partial charge >= 0.3 is 5.97 Å². The maximum Gasteiger partial charge on any atom is 0.326 e. The third-order valence-electron chi connectivity index (χ3n) is 3.01. The third-order valence-corrected chi connectivity index (χ3v) is 3.01. The molecule has 112 valence electrons. The van der Waals surface area contributed by atoms with Crippen molar-refractivity contribution in [2.75, 3.05) is 0 Å². The molecule has 1 amide bonds. The van der Waals surface area contributed by atoms with Crippen molar-refractivity contribution < 1.29 is 14.7 Å². The fourth-order valence-corrected chi connectivity index (χ4v) is 1.99. The molecule has 2 aromatic heterocycles. The van der Waals surface area contributed by atoms with Crippen molar-refractivity contribution in [3.8, 4) is 0 Å². The Bertz CT molecular complexity index is 679. The van der Waals surface area contributed by atoms with Crippen LogP contribution in [0.15, 0.2) is 12.3 Å². The molecule has 0 aliphatic rings. The van der Waals surface area contributed by atoms with Crippen molar-refractivity contribution >= 4 is 23.0 Å². The van der Waals surface area contributed by atoms with Gasteiger partial charge in [-0.2, -0.15) is 0 Å². The minimum atomic E-state index is -1.05. The number of aliphatic carboxylic acids is 1. The first-order valence-electron chi connectivity index (χ1n) is 6.57. The first-order chi connectivity index (χ1) is 9.88. The average molecular weight is 291 g/mol. The Morgan fingerprint density at radius 3 is 2.76 bits per heavy atom. The largest absolute Gasteiger partial charge is 0.480 e. The Labute approximate surface area is 121 Å². The van der Waals surface area contributed by atoms with E-state index in [4.69, 9.17) is 5.11 Å². The lowest BCUT2D eigenvalue weighted by Crippen LogP contribution is -2.41. The van der Waals surface area contributed by atoms with Gasteiger partial charge in [-0.3, -0.25) is 4.79 Å². The number of hydrogen-bond acceptors (Lipinski definition) is 5. The molecule has 1 unspecified atom stereocenters. The third kappa shape index (κ3) is 3.33. The topological polar surface area (TPSA) is 110 Å². The van der Waals surface area contributed by atoms with Crippen LogP contribution in [0.1, 0.15) is 30.6 Å². The van der Waals surface area contributed by atoms with E-state index in [1.54, 1.807) is 13.1 Å². The Kier molecular flexibility index (Phi) is 4.15. The molecule has 2 N–H and O–H groups in total. The van der Waals surface area contributed by atoms with Gasteiger partial charge in [-0.05, 0) is 18.4 Å². The molecule has 2 aromatic rings. The van der Waals surface area contributed by atoms with E-state index in [0.29, 0.717) is 17.6 Å². The maximum atomic E-state index is 12.1. The van der Waals surface area contributed by atoms with Crippen LogP contribution < -0.4 is 5.32 Å². The molecule has 1 atom stereocenters. The highest BCUT2D eigenvalue weighted by atomic mass is 16.4. The van der Waals surface area contributed by atoms with E-state index in [1.165, 1.54) is 10.9 Å². The number of nitrogens with zero attached hydrogens (tertiary/aromatic N) is 4. The molecule has 0 bridgehead atoms. The highest BCUT2D eigenvalue weighted by Gasteiger charge is 2.22. The molecule has 2 rings (SSSR count). The second-order valence-electron chi connectivity index (χ2n) is 5.27. The molecule has 2 heterocycles. The summed E-state index contributed by atoms with van der Waals surface area (Å²) in [5, 5.41) is 19.3. The van der Waals surface area contributed by atoms with Crippen LogP contribution in [-0.4, -0.2) is 43.0 Å². The number of carboxylic acid groups (broad SMARTS) is 1. The molecule has 8 heteroatoms. The first-order valence-corrected chi connectivity index (χ1v) is 6.57. The molecule has 21 heavy (non-hydrogen) atoms. The van der Waals surface area contributed by atoms with Gasteiger partial charge in [0.05, 0.1) is 5.56 Å². The lowest BCUT2D eigenvalue weighted by Gasteiger charge is -2.16. The lowest BCUT2D eigenvalue weighted by molar-refractivity contribution is -0.139. The molecule has 0 fully saturated rings. The number of aromatic nitrogens is 4. The predicted octanol–water partition coefficient (Wildman–Crippen LogP) is 0.592. The summed E-state index contributed by atoms with van der Waals surface area (Å²) < 4.78 is 1.50. The van der Waals surface area contributed by atoms with Crippen molar-refractivity contribution in [3.05, 3.63) is 17.8 Å². The number of amides is 1. The maximum absolute atomic E-state index is 12.1. The van der Waals surface area contributed by atoms with E-state index in [-0.39, 0.29) is 11.5 Å². The van der Waals surface area contributed by atoms with Gasteiger partial charge in [-0.25, -0.2) is 14.5 Å².